The van der Waals surface area contributed by atoms with Crippen LogP contribution in [-0.4, -0.2) is 28.8 Å². The lowest BCUT2D eigenvalue weighted by Gasteiger charge is -2.17. The van der Waals surface area contributed by atoms with E-state index in [-0.39, 0.29) is 11.8 Å². The van der Waals surface area contributed by atoms with Crippen LogP contribution >= 0.6 is 11.8 Å². The quantitative estimate of drug-likeness (QED) is 0.811. The molecule has 1 rings (SSSR count). The zero-order valence-corrected chi connectivity index (χ0v) is 12.9. The zero-order valence-electron chi connectivity index (χ0n) is 12.1. The van der Waals surface area contributed by atoms with Gasteiger partial charge in [0.25, 0.3) is 5.91 Å². The predicted octanol–water partition coefficient (Wildman–Crippen LogP) is 2.78. The molecule has 0 aromatic heterocycles. The second-order valence-corrected chi connectivity index (χ2v) is 6.14. The molecule has 0 aliphatic rings. The minimum absolute atomic E-state index is 0.156. The van der Waals surface area contributed by atoms with Crippen LogP contribution in [0, 0.1) is 5.92 Å². The standard InChI is InChI=1S/C15H21NO3S/c1-4-20-9-11-5-7-12(8-6-11)14(17)16-13(10(2)3)15(18)19/h5-8,10,13H,4,9H2,1-3H3,(H,16,17)(H,18,19)/t13-/m0/s1. The molecule has 20 heavy (non-hydrogen) atoms. The van der Waals surface area contributed by atoms with E-state index in [2.05, 4.69) is 12.2 Å². The van der Waals surface area contributed by atoms with Crippen molar-refractivity contribution in [3.8, 4) is 0 Å². The third-order valence-electron chi connectivity index (χ3n) is 2.91. The number of carbonyl (C=O) groups is 2. The molecule has 4 nitrogen and oxygen atoms in total. The summed E-state index contributed by atoms with van der Waals surface area (Å²) in [5.41, 5.74) is 1.65. The maximum Gasteiger partial charge on any atom is 0.326 e. The molecule has 0 bridgehead atoms. The van der Waals surface area contributed by atoms with Crippen LogP contribution in [0.3, 0.4) is 0 Å². The molecule has 1 aromatic rings. The van der Waals surface area contributed by atoms with E-state index < -0.39 is 12.0 Å². The van der Waals surface area contributed by atoms with Gasteiger partial charge < -0.3 is 10.4 Å². The molecule has 0 saturated heterocycles. The molecule has 0 saturated carbocycles. The Morgan fingerprint density at radius 2 is 1.85 bits per heavy atom. The van der Waals surface area contributed by atoms with Crippen LogP contribution in [0.1, 0.15) is 36.7 Å². The van der Waals surface area contributed by atoms with Gasteiger partial charge >= 0.3 is 5.97 Å². The molecule has 0 heterocycles. The molecule has 0 fully saturated rings. The Balaban J connectivity index is 2.69. The van der Waals surface area contributed by atoms with Gasteiger partial charge in [-0.25, -0.2) is 4.79 Å². The van der Waals surface area contributed by atoms with E-state index >= 15 is 0 Å². The highest BCUT2D eigenvalue weighted by Gasteiger charge is 2.23. The maximum atomic E-state index is 12.0. The van der Waals surface area contributed by atoms with Gasteiger partial charge in [-0.05, 0) is 29.4 Å². The van der Waals surface area contributed by atoms with Crippen molar-refractivity contribution in [3.63, 3.8) is 0 Å². The molecular formula is C15H21NO3S. The summed E-state index contributed by atoms with van der Waals surface area (Å²) in [5, 5.41) is 11.6. The average molecular weight is 295 g/mol. The van der Waals surface area contributed by atoms with Gasteiger partial charge in [-0.15, -0.1) is 0 Å². The van der Waals surface area contributed by atoms with E-state index in [0.717, 1.165) is 17.1 Å². The Kier molecular flexibility index (Phi) is 6.58. The highest BCUT2D eigenvalue weighted by Crippen LogP contribution is 2.13. The highest BCUT2D eigenvalue weighted by atomic mass is 32.2. The highest BCUT2D eigenvalue weighted by molar-refractivity contribution is 7.98. The Bertz CT molecular complexity index is 457. The van der Waals surface area contributed by atoms with Crippen LogP contribution in [0.5, 0.6) is 0 Å². The summed E-state index contributed by atoms with van der Waals surface area (Å²) < 4.78 is 0. The number of carbonyl (C=O) groups excluding carboxylic acids is 1. The lowest BCUT2D eigenvalue weighted by molar-refractivity contribution is -0.140. The van der Waals surface area contributed by atoms with Gasteiger partial charge in [-0.2, -0.15) is 11.8 Å². The van der Waals surface area contributed by atoms with E-state index in [9.17, 15) is 9.59 Å². The maximum absolute atomic E-state index is 12.0. The molecule has 0 aliphatic carbocycles. The minimum atomic E-state index is -1.01. The summed E-state index contributed by atoms with van der Waals surface area (Å²) in [6, 6.07) is 6.42. The molecule has 0 radical (unpaired) electrons. The van der Waals surface area contributed by atoms with Gasteiger partial charge in [-0.1, -0.05) is 32.9 Å². The summed E-state index contributed by atoms with van der Waals surface area (Å²) in [7, 11) is 0. The molecule has 110 valence electrons. The second-order valence-electron chi connectivity index (χ2n) is 4.87. The smallest absolute Gasteiger partial charge is 0.326 e. The fourth-order valence-electron chi connectivity index (χ4n) is 1.71. The fraction of sp³-hybridized carbons (Fsp3) is 0.467. The summed E-state index contributed by atoms with van der Waals surface area (Å²) in [6.07, 6.45) is 0. The first-order valence-corrected chi connectivity index (χ1v) is 7.81. The van der Waals surface area contributed by atoms with Gasteiger partial charge in [0.15, 0.2) is 0 Å². The van der Waals surface area contributed by atoms with Gasteiger partial charge in [-0.3, -0.25) is 4.79 Å². The van der Waals surface area contributed by atoms with Gasteiger partial charge in [0.05, 0.1) is 0 Å². The van der Waals surface area contributed by atoms with Crippen molar-refractivity contribution in [1.29, 1.82) is 0 Å². The summed E-state index contributed by atoms with van der Waals surface area (Å²) in [4.78, 5) is 23.1. The zero-order chi connectivity index (χ0) is 15.1. The molecule has 0 unspecified atom stereocenters. The van der Waals surface area contributed by atoms with Crippen LogP contribution in [0.15, 0.2) is 24.3 Å². The van der Waals surface area contributed by atoms with Crippen molar-refractivity contribution in [2.24, 2.45) is 5.92 Å². The molecule has 1 atom stereocenters. The Morgan fingerprint density at radius 3 is 2.30 bits per heavy atom. The van der Waals surface area contributed by atoms with E-state index in [4.69, 9.17) is 5.11 Å². The van der Waals surface area contributed by atoms with Crippen LogP contribution in [-0.2, 0) is 10.5 Å². The molecule has 0 spiro atoms. The number of nitrogens with one attached hydrogen (secondary N) is 1. The first-order chi connectivity index (χ1) is 9.45. The molecule has 2 N–H and O–H groups in total. The molecular weight excluding hydrogens is 274 g/mol. The summed E-state index contributed by atoms with van der Waals surface area (Å²) >= 11 is 1.82. The van der Waals surface area contributed by atoms with Crippen LogP contribution in [0.4, 0.5) is 0 Å². The lowest BCUT2D eigenvalue weighted by Crippen LogP contribution is -2.44. The topological polar surface area (TPSA) is 66.4 Å². The Labute approximate surface area is 124 Å². The Morgan fingerprint density at radius 1 is 1.25 bits per heavy atom. The third kappa shape index (κ3) is 4.89. The Hall–Kier alpha value is -1.49. The van der Waals surface area contributed by atoms with Gasteiger partial charge in [0, 0.05) is 11.3 Å². The number of thioether (sulfide) groups is 1. The second kappa shape index (κ2) is 7.94. The van der Waals surface area contributed by atoms with Gasteiger partial charge in [0.2, 0.25) is 0 Å². The SMILES string of the molecule is CCSCc1ccc(C(=O)N[C@H](C(=O)O)C(C)C)cc1. The van der Waals surface area contributed by atoms with Crippen molar-refractivity contribution < 1.29 is 14.7 Å². The number of carboxylic acids is 1. The van der Waals surface area contributed by atoms with Crippen molar-refractivity contribution in [1.82, 2.24) is 5.32 Å². The number of carboxylic acid groups (broad SMARTS) is 1. The first-order valence-electron chi connectivity index (χ1n) is 6.66. The number of benzene rings is 1. The predicted molar refractivity (Wildman–Crippen MR) is 82.0 cm³/mol. The number of hydrogen-bond donors (Lipinski definition) is 2. The largest absolute Gasteiger partial charge is 0.480 e. The molecule has 0 aliphatic heterocycles. The first kappa shape index (κ1) is 16.6. The van der Waals surface area contributed by atoms with Crippen molar-refractivity contribution >= 4 is 23.6 Å². The lowest BCUT2D eigenvalue weighted by atomic mass is 10.0. The molecule has 5 heteroatoms. The minimum Gasteiger partial charge on any atom is -0.480 e. The van der Waals surface area contributed by atoms with E-state index in [0.29, 0.717) is 5.56 Å². The number of hydrogen-bond acceptors (Lipinski definition) is 3. The van der Waals surface area contributed by atoms with Crippen LogP contribution < -0.4 is 5.32 Å². The van der Waals surface area contributed by atoms with Gasteiger partial charge in [0.1, 0.15) is 6.04 Å². The van der Waals surface area contributed by atoms with E-state index in [1.165, 1.54) is 0 Å². The van der Waals surface area contributed by atoms with E-state index in [1.54, 1.807) is 26.0 Å². The van der Waals surface area contributed by atoms with E-state index in [1.807, 2.05) is 23.9 Å². The monoisotopic (exact) mass is 295 g/mol. The average Bonchev–Trinajstić information content (AvgIpc) is 2.42. The fourth-order valence-corrected chi connectivity index (χ4v) is 2.34. The van der Waals surface area contributed by atoms with Crippen LogP contribution in [0.2, 0.25) is 0 Å². The van der Waals surface area contributed by atoms with Crippen molar-refractivity contribution in [2.45, 2.75) is 32.6 Å². The van der Waals surface area contributed by atoms with Crippen molar-refractivity contribution in [3.05, 3.63) is 35.4 Å². The normalized spacial score (nSPS) is 12.2. The number of rotatable bonds is 7. The summed E-state index contributed by atoms with van der Waals surface area (Å²) in [6.45, 7) is 5.64. The molecule has 1 aromatic carbocycles. The number of aliphatic carboxylic acids is 1. The third-order valence-corrected chi connectivity index (χ3v) is 3.85. The number of amides is 1. The van der Waals surface area contributed by atoms with Crippen LogP contribution in [0.25, 0.3) is 0 Å². The van der Waals surface area contributed by atoms with Crippen molar-refractivity contribution in [2.75, 3.05) is 5.75 Å². The summed E-state index contributed by atoms with van der Waals surface area (Å²) in [5.74, 6) is 0.459. The molecule has 1 amide bonds.